The first-order chi connectivity index (χ1) is 20.2. The summed E-state index contributed by atoms with van der Waals surface area (Å²) in [7, 11) is 0. The highest BCUT2D eigenvalue weighted by Gasteiger charge is 2.30. The second-order valence-corrected chi connectivity index (χ2v) is 11.5. The summed E-state index contributed by atoms with van der Waals surface area (Å²) in [4.78, 5) is 33.8. The Morgan fingerprint density at radius 1 is 0.976 bits per heavy atom. The van der Waals surface area contributed by atoms with Crippen molar-refractivity contribution in [1.82, 2.24) is 19.7 Å². The Kier molecular flexibility index (Phi) is 7.14. The zero-order chi connectivity index (χ0) is 29.4. The zero-order valence-corrected chi connectivity index (χ0v) is 24.4. The topological polar surface area (TPSA) is 103 Å². The van der Waals surface area contributed by atoms with E-state index < -0.39 is 5.76 Å². The quantitative estimate of drug-likeness (QED) is 0.237. The number of unbranched alkanes of at least 4 members (excludes halogenated alkanes) is 1. The third kappa shape index (κ3) is 5.32. The maximum atomic E-state index is 14.3. The van der Waals surface area contributed by atoms with Crippen molar-refractivity contribution in [1.29, 1.82) is 0 Å². The Labute approximate surface area is 244 Å². The lowest BCUT2D eigenvalue weighted by molar-refractivity contribution is 0.138. The lowest BCUT2D eigenvalue weighted by Gasteiger charge is -2.17. The van der Waals surface area contributed by atoms with Crippen molar-refractivity contribution in [3.63, 3.8) is 0 Å². The smallest absolute Gasteiger partial charge is 0.439 e. The molecular formula is C34H34N4O4. The molecule has 0 aliphatic carbocycles. The van der Waals surface area contributed by atoms with Gasteiger partial charge in [0.15, 0.2) is 5.82 Å². The summed E-state index contributed by atoms with van der Waals surface area (Å²) >= 11 is 0. The number of nitrogens with one attached hydrogen (secondary N) is 1. The fraction of sp³-hybridized carbons (Fsp3) is 0.294. The number of nitrogens with zero attached hydrogens (tertiary/aromatic N) is 3. The first kappa shape index (κ1) is 27.4. The predicted molar refractivity (Wildman–Crippen MR) is 163 cm³/mol. The average Bonchev–Trinajstić information content (AvgIpc) is 3.54. The van der Waals surface area contributed by atoms with E-state index in [-0.39, 0.29) is 11.2 Å². The molecule has 8 heteroatoms. The van der Waals surface area contributed by atoms with Gasteiger partial charge in [0.2, 0.25) is 0 Å². The number of aromatic amines is 1. The van der Waals surface area contributed by atoms with Crippen LogP contribution in [0.3, 0.4) is 0 Å². The van der Waals surface area contributed by atoms with Crippen LogP contribution in [0.5, 0.6) is 5.75 Å². The highest BCUT2D eigenvalue weighted by molar-refractivity contribution is 5.81. The van der Waals surface area contributed by atoms with E-state index in [1.54, 1.807) is 4.57 Å². The van der Waals surface area contributed by atoms with Gasteiger partial charge >= 0.3 is 5.76 Å². The molecule has 0 saturated carbocycles. The van der Waals surface area contributed by atoms with Crippen molar-refractivity contribution in [2.75, 3.05) is 0 Å². The number of H-pyrrole nitrogens is 1. The Bertz CT molecular complexity index is 1880. The van der Waals surface area contributed by atoms with E-state index in [1.165, 1.54) is 0 Å². The second-order valence-electron chi connectivity index (χ2n) is 11.5. The Hall–Kier alpha value is -4.72. The van der Waals surface area contributed by atoms with Gasteiger partial charge in [0.1, 0.15) is 17.2 Å². The summed E-state index contributed by atoms with van der Waals surface area (Å²) in [5, 5.41) is 3.97. The number of hydrogen-bond acceptors (Lipinski definition) is 6. The molecule has 0 bridgehead atoms. The van der Waals surface area contributed by atoms with Gasteiger partial charge in [-0.25, -0.2) is 9.78 Å². The molecule has 0 unspecified atom stereocenters. The molecule has 214 valence electrons. The number of benzene rings is 3. The van der Waals surface area contributed by atoms with E-state index in [4.69, 9.17) is 14.2 Å². The van der Waals surface area contributed by atoms with Crippen LogP contribution in [0.4, 0.5) is 0 Å². The van der Waals surface area contributed by atoms with Crippen LogP contribution in [0, 0.1) is 6.92 Å². The van der Waals surface area contributed by atoms with Crippen LogP contribution < -0.4 is 16.1 Å². The van der Waals surface area contributed by atoms with Crippen LogP contribution in [0.1, 0.15) is 56.3 Å². The van der Waals surface area contributed by atoms with Gasteiger partial charge in [-0.1, -0.05) is 67.0 Å². The van der Waals surface area contributed by atoms with Crippen LogP contribution in [0.2, 0.25) is 0 Å². The van der Waals surface area contributed by atoms with Crippen molar-refractivity contribution < 1.29 is 9.26 Å². The summed E-state index contributed by atoms with van der Waals surface area (Å²) in [6, 6.07) is 21.8. The standard InChI is InChI=1S/C34H34N4O4/c1-5-6-12-29-35-21(2)30(24-14-16-28-25(18-24)19-34(3,4)41-28)32(39)38(29)20-22-13-15-26(23-10-8-7-9-11-23)27(17-22)31-36-33(40)42-37-31/h7-11,13-18H,5-6,12,19-20H2,1-4H3,(H,36,37,40). The number of aromatic nitrogens is 4. The molecule has 0 spiro atoms. The van der Waals surface area contributed by atoms with Crippen molar-refractivity contribution in [3.05, 3.63) is 110 Å². The summed E-state index contributed by atoms with van der Waals surface area (Å²) in [6.45, 7) is 8.51. The molecule has 0 atom stereocenters. The van der Waals surface area contributed by atoms with Gasteiger partial charge in [0.05, 0.1) is 17.8 Å². The summed E-state index contributed by atoms with van der Waals surface area (Å²) < 4.78 is 12.7. The van der Waals surface area contributed by atoms with Crippen LogP contribution in [-0.2, 0) is 19.4 Å². The Balaban J connectivity index is 1.46. The molecule has 8 nitrogen and oxygen atoms in total. The first-order valence-corrected chi connectivity index (χ1v) is 14.4. The van der Waals surface area contributed by atoms with Crippen molar-refractivity contribution in [2.24, 2.45) is 0 Å². The van der Waals surface area contributed by atoms with Crippen molar-refractivity contribution in [2.45, 2.75) is 65.5 Å². The van der Waals surface area contributed by atoms with Gasteiger partial charge in [-0.05, 0) is 73.2 Å². The number of hydrogen-bond donors (Lipinski definition) is 1. The maximum Gasteiger partial charge on any atom is 0.439 e. The van der Waals surface area contributed by atoms with Gasteiger partial charge in [0.25, 0.3) is 5.56 Å². The molecule has 0 radical (unpaired) electrons. The molecular weight excluding hydrogens is 528 g/mol. The first-order valence-electron chi connectivity index (χ1n) is 14.4. The molecule has 0 saturated heterocycles. The summed E-state index contributed by atoms with van der Waals surface area (Å²) in [6.07, 6.45) is 3.40. The minimum Gasteiger partial charge on any atom is -0.487 e. The van der Waals surface area contributed by atoms with Gasteiger partial charge in [-0.3, -0.25) is 18.9 Å². The molecule has 3 heterocycles. The van der Waals surface area contributed by atoms with Crippen molar-refractivity contribution >= 4 is 0 Å². The van der Waals surface area contributed by atoms with E-state index in [1.807, 2.05) is 67.6 Å². The molecule has 1 N–H and O–H groups in total. The Morgan fingerprint density at radius 3 is 2.52 bits per heavy atom. The van der Waals surface area contributed by atoms with Crippen LogP contribution >= 0.6 is 0 Å². The summed E-state index contributed by atoms with van der Waals surface area (Å²) in [5.74, 6) is 1.34. The average molecular weight is 563 g/mol. The second kappa shape index (κ2) is 10.9. The number of rotatable bonds is 8. The van der Waals surface area contributed by atoms with Gasteiger partial charge in [-0.15, -0.1) is 0 Å². The SMILES string of the molecule is CCCCc1nc(C)c(-c2ccc3c(c2)CC(C)(C)O3)c(=O)n1Cc1ccc(-c2ccccc2)c(-c2noc(=O)[nH]2)c1. The van der Waals surface area contributed by atoms with E-state index in [0.717, 1.165) is 64.3 Å². The zero-order valence-electron chi connectivity index (χ0n) is 24.4. The highest BCUT2D eigenvalue weighted by Crippen LogP contribution is 2.37. The molecule has 3 aromatic carbocycles. The lowest BCUT2D eigenvalue weighted by atomic mass is 9.96. The lowest BCUT2D eigenvalue weighted by Crippen LogP contribution is -2.28. The fourth-order valence-electron chi connectivity index (χ4n) is 5.79. The number of fused-ring (bicyclic) bond motifs is 1. The van der Waals surface area contributed by atoms with E-state index in [9.17, 15) is 9.59 Å². The van der Waals surface area contributed by atoms with Gasteiger partial charge in [-0.2, -0.15) is 0 Å². The third-order valence-corrected chi connectivity index (χ3v) is 7.74. The molecule has 2 aromatic heterocycles. The molecule has 1 aliphatic rings. The van der Waals surface area contributed by atoms with Crippen LogP contribution in [-0.4, -0.2) is 25.3 Å². The largest absolute Gasteiger partial charge is 0.487 e. The summed E-state index contributed by atoms with van der Waals surface area (Å²) in [5.41, 5.74) is 6.40. The molecule has 42 heavy (non-hydrogen) atoms. The minimum atomic E-state index is -0.622. The van der Waals surface area contributed by atoms with E-state index in [0.29, 0.717) is 29.9 Å². The van der Waals surface area contributed by atoms with E-state index in [2.05, 4.69) is 37.0 Å². The van der Waals surface area contributed by atoms with E-state index >= 15 is 0 Å². The van der Waals surface area contributed by atoms with Crippen molar-refractivity contribution in [3.8, 4) is 39.4 Å². The monoisotopic (exact) mass is 562 g/mol. The fourth-order valence-corrected chi connectivity index (χ4v) is 5.79. The molecule has 0 amide bonds. The molecule has 6 rings (SSSR count). The third-order valence-electron chi connectivity index (χ3n) is 7.74. The highest BCUT2D eigenvalue weighted by atomic mass is 16.5. The minimum absolute atomic E-state index is 0.0738. The number of aryl methyl sites for hydroxylation is 2. The normalized spacial score (nSPS) is 13.6. The Morgan fingerprint density at radius 2 is 1.79 bits per heavy atom. The van der Waals surface area contributed by atoms with Gasteiger partial charge in [0, 0.05) is 18.4 Å². The maximum absolute atomic E-state index is 14.3. The molecule has 1 aliphatic heterocycles. The molecule has 5 aromatic rings. The predicted octanol–water partition coefficient (Wildman–Crippen LogP) is 6.33. The van der Waals surface area contributed by atoms with Gasteiger partial charge < -0.3 is 4.74 Å². The molecule has 0 fully saturated rings. The van der Waals surface area contributed by atoms with Crippen LogP contribution in [0.25, 0.3) is 33.6 Å². The van der Waals surface area contributed by atoms with Crippen LogP contribution in [0.15, 0.2) is 80.8 Å². The number of ether oxygens (including phenoxy) is 1.